The van der Waals surface area contributed by atoms with Gasteiger partial charge in [0, 0.05) is 0 Å². The smallest absolute Gasteiger partial charge is 0.417 e. The molecule has 0 fully saturated rings. The van der Waals surface area contributed by atoms with Gasteiger partial charge in [-0.25, -0.2) is 0 Å². The summed E-state index contributed by atoms with van der Waals surface area (Å²) >= 11 is 0. The topological polar surface area (TPSA) is 101 Å². The van der Waals surface area contributed by atoms with Gasteiger partial charge < -0.3 is 10.1 Å². The number of nitrogens with zero attached hydrogens (tertiary/aromatic N) is 3. The lowest BCUT2D eigenvalue weighted by atomic mass is 9.90. The van der Waals surface area contributed by atoms with Crippen molar-refractivity contribution in [1.29, 1.82) is 5.26 Å². The molecule has 7 nitrogen and oxygen atoms in total. The molecule has 0 spiro atoms. The summed E-state index contributed by atoms with van der Waals surface area (Å²) in [5.41, 5.74) is -0.925. The highest BCUT2D eigenvalue weighted by Gasteiger charge is 2.30. The second-order valence-corrected chi connectivity index (χ2v) is 4.41. The normalized spacial score (nSPS) is 13.8. The molecular formula is C11H16N4O3. The molecule has 1 heterocycles. The van der Waals surface area contributed by atoms with Crippen LogP contribution >= 0.6 is 0 Å². The standard InChI is InChI=1S/C11H16N4O3/c1-7(2)11(4,6-12)14-9(16)5-17-10-13-8(3)15-18-10/h7H,5H2,1-4H3,(H,14,16)/t11-/m0/s1. The van der Waals surface area contributed by atoms with Gasteiger partial charge in [0.05, 0.1) is 6.07 Å². The van der Waals surface area contributed by atoms with E-state index in [-0.39, 0.29) is 18.6 Å². The monoisotopic (exact) mass is 252 g/mol. The molecule has 98 valence electrons. The predicted molar refractivity (Wildman–Crippen MR) is 61.5 cm³/mol. The Morgan fingerprint density at radius 2 is 2.33 bits per heavy atom. The van der Waals surface area contributed by atoms with E-state index in [4.69, 9.17) is 14.5 Å². The van der Waals surface area contributed by atoms with Crippen molar-refractivity contribution in [1.82, 2.24) is 15.5 Å². The van der Waals surface area contributed by atoms with Crippen LogP contribution in [0.1, 0.15) is 26.6 Å². The molecule has 0 saturated heterocycles. The summed E-state index contributed by atoms with van der Waals surface area (Å²) < 4.78 is 9.69. The third kappa shape index (κ3) is 3.45. The van der Waals surface area contributed by atoms with E-state index in [1.54, 1.807) is 13.8 Å². The fourth-order valence-electron chi connectivity index (χ4n) is 1.09. The number of carbonyl (C=O) groups excluding carboxylic acids is 1. The predicted octanol–water partition coefficient (Wildman–Crippen LogP) is 0.811. The molecule has 1 aromatic rings. The molecule has 0 aliphatic heterocycles. The molecule has 0 aliphatic carbocycles. The Morgan fingerprint density at radius 3 is 2.78 bits per heavy atom. The maximum Gasteiger partial charge on any atom is 0.417 e. The Kier molecular flexibility index (Phi) is 4.26. The van der Waals surface area contributed by atoms with Crippen molar-refractivity contribution in [2.75, 3.05) is 6.61 Å². The number of hydrogen-bond donors (Lipinski definition) is 1. The van der Waals surface area contributed by atoms with Gasteiger partial charge in [0.25, 0.3) is 5.91 Å². The number of aryl methyl sites for hydroxylation is 1. The number of rotatable bonds is 5. The van der Waals surface area contributed by atoms with Crippen molar-refractivity contribution in [2.45, 2.75) is 33.2 Å². The number of amides is 1. The number of ether oxygens (including phenoxy) is 1. The van der Waals surface area contributed by atoms with Crippen LogP contribution in [-0.4, -0.2) is 28.2 Å². The number of carbonyl (C=O) groups is 1. The minimum atomic E-state index is -0.925. The van der Waals surface area contributed by atoms with Crippen LogP contribution in [0.2, 0.25) is 0 Å². The fourth-order valence-corrected chi connectivity index (χ4v) is 1.09. The van der Waals surface area contributed by atoms with Gasteiger partial charge in [-0.2, -0.15) is 10.2 Å². The lowest BCUT2D eigenvalue weighted by molar-refractivity contribution is -0.125. The Labute approximate surface area is 105 Å². The summed E-state index contributed by atoms with van der Waals surface area (Å²) in [4.78, 5) is 15.4. The van der Waals surface area contributed by atoms with Crippen LogP contribution in [0.25, 0.3) is 0 Å². The van der Waals surface area contributed by atoms with Gasteiger partial charge in [-0.3, -0.25) is 9.32 Å². The lowest BCUT2D eigenvalue weighted by Crippen LogP contribution is -2.50. The number of nitrogens with one attached hydrogen (secondary N) is 1. The Bertz CT molecular complexity index is 463. The highest BCUT2D eigenvalue weighted by molar-refractivity contribution is 5.78. The van der Waals surface area contributed by atoms with E-state index in [0.717, 1.165) is 0 Å². The molecule has 7 heteroatoms. The van der Waals surface area contributed by atoms with E-state index in [2.05, 4.69) is 21.5 Å². The van der Waals surface area contributed by atoms with Crippen LogP contribution in [0, 0.1) is 24.2 Å². The summed E-state index contributed by atoms with van der Waals surface area (Å²) in [7, 11) is 0. The summed E-state index contributed by atoms with van der Waals surface area (Å²) in [6.07, 6.45) is -0.0640. The van der Waals surface area contributed by atoms with E-state index < -0.39 is 11.4 Å². The highest BCUT2D eigenvalue weighted by Crippen LogP contribution is 2.15. The first kappa shape index (κ1) is 14.0. The third-order valence-electron chi connectivity index (χ3n) is 2.62. The largest absolute Gasteiger partial charge is 0.439 e. The number of nitriles is 1. The Hall–Kier alpha value is -2.10. The molecule has 18 heavy (non-hydrogen) atoms. The summed E-state index contributed by atoms with van der Waals surface area (Å²) in [5, 5.41) is 15.2. The van der Waals surface area contributed by atoms with Crippen LogP contribution in [-0.2, 0) is 4.79 Å². The summed E-state index contributed by atoms with van der Waals surface area (Å²) in [6, 6.07) is 2.07. The second kappa shape index (κ2) is 5.49. The zero-order chi connectivity index (χ0) is 13.8. The maximum absolute atomic E-state index is 11.6. The molecule has 1 amide bonds. The van der Waals surface area contributed by atoms with Crippen molar-refractivity contribution < 1.29 is 14.1 Å². The van der Waals surface area contributed by atoms with Crippen molar-refractivity contribution >= 4 is 5.91 Å². The van der Waals surface area contributed by atoms with Gasteiger partial charge in [0.15, 0.2) is 12.4 Å². The van der Waals surface area contributed by atoms with E-state index in [1.807, 2.05) is 13.8 Å². The number of aromatic nitrogens is 2. The van der Waals surface area contributed by atoms with Gasteiger partial charge in [-0.1, -0.05) is 19.0 Å². The van der Waals surface area contributed by atoms with Crippen LogP contribution in [0.3, 0.4) is 0 Å². The average molecular weight is 252 g/mol. The quantitative estimate of drug-likeness (QED) is 0.832. The first-order valence-electron chi connectivity index (χ1n) is 5.52. The van der Waals surface area contributed by atoms with Crippen LogP contribution in [0.15, 0.2) is 4.52 Å². The second-order valence-electron chi connectivity index (χ2n) is 4.41. The summed E-state index contributed by atoms with van der Waals surface area (Å²) in [6.45, 7) is 6.73. The SMILES string of the molecule is Cc1noc(OCC(=O)N[C@@](C)(C#N)C(C)C)n1. The Morgan fingerprint density at radius 1 is 1.67 bits per heavy atom. The highest BCUT2D eigenvalue weighted by atomic mass is 16.6. The molecule has 1 aromatic heterocycles. The first-order chi connectivity index (χ1) is 8.37. The number of hydrogen-bond acceptors (Lipinski definition) is 6. The van der Waals surface area contributed by atoms with Gasteiger partial charge in [-0.15, -0.1) is 0 Å². The van der Waals surface area contributed by atoms with Crippen LogP contribution in [0.4, 0.5) is 0 Å². The van der Waals surface area contributed by atoms with Crippen molar-refractivity contribution in [3.63, 3.8) is 0 Å². The van der Waals surface area contributed by atoms with Crippen LogP contribution < -0.4 is 10.1 Å². The van der Waals surface area contributed by atoms with Gasteiger partial charge in [-0.05, 0) is 19.8 Å². The molecular weight excluding hydrogens is 236 g/mol. The lowest BCUT2D eigenvalue weighted by Gasteiger charge is -2.26. The molecule has 0 unspecified atom stereocenters. The van der Waals surface area contributed by atoms with Crippen molar-refractivity contribution in [3.8, 4) is 12.1 Å². The van der Waals surface area contributed by atoms with E-state index in [0.29, 0.717) is 5.82 Å². The fraction of sp³-hybridized carbons (Fsp3) is 0.636. The van der Waals surface area contributed by atoms with E-state index in [9.17, 15) is 4.79 Å². The van der Waals surface area contributed by atoms with Crippen molar-refractivity contribution in [3.05, 3.63) is 5.82 Å². The summed E-state index contributed by atoms with van der Waals surface area (Å²) in [5.74, 6) is -0.00449. The minimum absolute atomic E-state index is 0.0166. The molecule has 1 atom stereocenters. The third-order valence-corrected chi connectivity index (χ3v) is 2.62. The molecule has 0 radical (unpaired) electrons. The van der Waals surface area contributed by atoms with Gasteiger partial charge in [0.1, 0.15) is 5.54 Å². The van der Waals surface area contributed by atoms with Gasteiger partial charge >= 0.3 is 6.08 Å². The molecule has 0 saturated carbocycles. The average Bonchev–Trinajstić information content (AvgIpc) is 2.72. The molecule has 1 rings (SSSR count). The molecule has 0 aromatic carbocycles. The molecule has 0 bridgehead atoms. The van der Waals surface area contributed by atoms with E-state index >= 15 is 0 Å². The maximum atomic E-state index is 11.6. The first-order valence-corrected chi connectivity index (χ1v) is 5.52. The zero-order valence-corrected chi connectivity index (χ0v) is 10.9. The van der Waals surface area contributed by atoms with Gasteiger partial charge in [0.2, 0.25) is 0 Å². The van der Waals surface area contributed by atoms with Crippen molar-refractivity contribution in [2.24, 2.45) is 5.92 Å². The van der Waals surface area contributed by atoms with E-state index in [1.165, 1.54) is 0 Å². The minimum Gasteiger partial charge on any atom is -0.439 e. The molecule has 0 aliphatic rings. The molecule has 1 N–H and O–H groups in total. The van der Waals surface area contributed by atoms with Crippen LogP contribution in [0.5, 0.6) is 6.08 Å². The zero-order valence-electron chi connectivity index (χ0n) is 10.9. The Balaban J connectivity index is 2.50.